The molecule has 1 fully saturated rings. The largest absolute Gasteiger partial charge is 0.392 e. The van der Waals surface area contributed by atoms with Crippen molar-refractivity contribution in [3.63, 3.8) is 0 Å². The Morgan fingerprint density at radius 2 is 2.17 bits per heavy atom. The first kappa shape index (κ1) is 11.6. The number of benzene rings is 1. The summed E-state index contributed by atoms with van der Waals surface area (Å²) in [6.45, 7) is 0. The summed E-state index contributed by atoms with van der Waals surface area (Å²) in [5.74, 6) is -0.131. The van der Waals surface area contributed by atoms with Crippen molar-refractivity contribution in [3.8, 4) is 0 Å². The van der Waals surface area contributed by atoms with Gasteiger partial charge < -0.3 is 11.1 Å². The molecule has 0 bridgehead atoms. The van der Waals surface area contributed by atoms with Gasteiger partial charge in [0.1, 0.15) is 0 Å². The van der Waals surface area contributed by atoms with Crippen LogP contribution in [-0.2, 0) is 4.79 Å². The van der Waals surface area contributed by atoms with Crippen LogP contribution in [0.25, 0.3) is 10.2 Å². The van der Waals surface area contributed by atoms with Crippen LogP contribution in [0, 0.1) is 5.41 Å². The van der Waals surface area contributed by atoms with Gasteiger partial charge in [-0.2, -0.15) is 0 Å². The van der Waals surface area contributed by atoms with E-state index < -0.39 is 5.41 Å². The molecule has 18 heavy (non-hydrogen) atoms. The molecular formula is C12H11N3OS2. The summed E-state index contributed by atoms with van der Waals surface area (Å²) in [6, 6.07) is 7.76. The van der Waals surface area contributed by atoms with Crippen molar-refractivity contribution in [3.05, 3.63) is 24.3 Å². The molecule has 2 aromatic rings. The Morgan fingerprint density at radius 3 is 2.78 bits per heavy atom. The van der Waals surface area contributed by atoms with E-state index >= 15 is 0 Å². The lowest BCUT2D eigenvalue weighted by Gasteiger charge is -2.11. The monoisotopic (exact) mass is 277 g/mol. The fourth-order valence-corrected chi connectivity index (χ4v) is 3.01. The molecule has 1 saturated carbocycles. The van der Waals surface area contributed by atoms with E-state index in [2.05, 4.69) is 10.3 Å². The van der Waals surface area contributed by atoms with Gasteiger partial charge in [-0.25, -0.2) is 4.98 Å². The van der Waals surface area contributed by atoms with Crippen molar-refractivity contribution in [1.82, 2.24) is 4.98 Å². The van der Waals surface area contributed by atoms with Crippen molar-refractivity contribution >= 4 is 49.8 Å². The number of nitrogens with one attached hydrogen (secondary N) is 1. The highest BCUT2D eigenvalue weighted by molar-refractivity contribution is 7.80. The number of para-hydroxylation sites is 1. The molecule has 1 amide bonds. The number of nitrogens with zero attached hydrogens (tertiary/aromatic N) is 1. The molecule has 92 valence electrons. The van der Waals surface area contributed by atoms with Crippen LogP contribution in [-0.4, -0.2) is 15.9 Å². The number of amides is 1. The summed E-state index contributed by atoms with van der Waals surface area (Å²) < 4.78 is 1.05. The Labute approximate surface area is 113 Å². The van der Waals surface area contributed by atoms with Gasteiger partial charge in [0, 0.05) is 0 Å². The van der Waals surface area contributed by atoms with Crippen molar-refractivity contribution < 1.29 is 4.79 Å². The number of hydrogen-bond acceptors (Lipinski definition) is 4. The average Bonchev–Trinajstić information content (AvgIpc) is 3.05. The van der Waals surface area contributed by atoms with Crippen molar-refractivity contribution in [1.29, 1.82) is 0 Å². The van der Waals surface area contributed by atoms with Crippen LogP contribution in [0.4, 0.5) is 5.13 Å². The minimum Gasteiger partial charge on any atom is -0.392 e. The molecule has 0 atom stereocenters. The predicted octanol–water partition coefficient (Wildman–Crippen LogP) is 2.30. The highest BCUT2D eigenvalue weighted by Crippen LogP contribution is 2.47. The zero-order valence-electron chi connectivity index (χ0n) is 9.47. The van der Waals surface area contributed by atoms with Crippen LogP contribution >= 0.6 is 23.6 Å². The van der Waals surface area contributed by atoms with Gasteiger partial charge in [-0.15, -0.1) is 0 Å². The normalized spacial score (nSPS) is 16.4. The maximum atomic E-state index is 12.1. The van der Waals surface area contributed by atoms with Crippen molar-refractivity contribution in [2.24, 2.45) is 11.1 Å². The third kappa shape index (κ3) is 1.77. The first-order valence-electron chi connectivity index (χ1n) is 5.59. The second-order valence-corrected chi connectivity index (χ2v) is 5.86. The summed E-state index contributed by atoms with van der Waals surface area (Å²) in [7, 11) is 0. The van der Waals surface area contributed by atoms with Crippen LogP contribution < -0.4 is 11.1 Å². The lowest BCUT2D eigenvalue weighted by Crippen LogP contribution is -2.34. The highest BCUT2D eigenvalue weighted by atomic mass is 32.1. The van der Waals surface area contributed by atoms with Gasteiger partial charge in [0.05, 0.1) is 20.6 Å². The minimum absolute atomic E-state index is 0.131. The van der Waals surface area contributed by atoms with E-state index in [0.29, 0.717) is 5.13 Å². The Hall–Kier alpha value is -1.53. The number of thiazole rings is 1. The average molecular weight is 277 g/mol. The quantitative estimate of drug-likeness (QED) is 0.845. The molecule has 1 aromatic carbocycles. The molecule has 3 rings (SSSR count). The fourth-order valence-electron chi connectivity index (χ4n) is 1.85. The molecule has 0 aliphatic heterocycles. The SMILES string of the molecule is NC(=S)C1(C(=O)Nc2nc3ccccc3s2)CC1. The van der Waals surface area contributed by atoms with Crippen LogP contribution in [0.3, 0.4) is 0 Å². The van der Waals surface area contributed by atoms with Gasteiger partial charge in [0.25, 0.3) is 0 Å². The third-order valence-corrected chi connectivity index (χ3v) is 4.51. The Balaban J connectivity index is 1.84. The zero-order valence-corrected chi connectivity index (χ0v) is 11.1. The van der Waals surface area contributed by atoms with Crippen molar-refractivity contribution in [2.45, 2.75) is 12.8 Å². The number of rotatable bonds is 3. The standard InChI is InChI=1S/C12H11N3OS2/c13-9(17)12(5-6-12)10(16)15-11-14-7-3-1-2-4-8(7)18-11/h1-4H,5-6H2,(H2,13,17)(H,14,15,16). The molecule has 0 radical (unpaired) electrons. The first-order chi connectivity index (χ1) is 8.62. The summed E-state index contributed by atoms with van der Waals surface area (Å²) in [4.78, 5) is 16.7. The highest BCUT2D eigenvalue weighted by Gasteiger charge is 2.52. The molecule has 1 aliphatic carbocycles. The van der Waals surface area contributed by atoms with E-state index in [9.17, 15) is 4.79 Å². The van der Waals surface area contributed by atoms with E-state index in [1.165, 1.54) is 11.3 Å². The number of thiocarbonyl (C=S) groups is 1. The van der Waals surface area contributed by atoms with Gasteiger partial charge in [-0.1, -0.05) is 35.7 Å². The molecule has 4 nitrogen and oxygen atoms in total. The number of carbonyl (C=O) groups excluding carboxylic acids is 1. The number of hydrogen-bond donors (Lipinski definition) is 2. The number of fused-ring (bicyclic) bond motifs is 1. The smallest absolute Gasteiger partial charge is 0.239 e. The summed E-state index contributed by atoms with van der Waals surface area (Å²) in [6.07, 6.45) is 1.47. The number of nitrogens with two attached hydrogens (primary N) is 1. The second kappa shape index (κ2) is 4.00. The molecule has 6 heteroatoms. The predicted molar refractivity (Wildman–Crippen MR) is 76.7 cm³/mol. The van der Waals surface area contributed by atoms with E-state index in [4.69, 9.17) is 18.0 Å². The molecule has 0 spiro atoms. The van der Waals surface area contributed by atoms with E-state index in [1.807, 2.05) is 24.3 Å². The Bertz CT molecular complexity index is 613. The Morgan fingerprint density at radius 1 is 1.44 bits per heavy atom. The molecule has 1 aromatic heterocycles. The molecular weight excluding hydrogens is 266 g/mol. The molecule has 0 saturated heterocycles. The van der Waals surface area contributed by atoms with Crippen LogP contribution in [0.1, 0.15) is 12.8 Å². The van der Waals surface area contributed by atoms with Gasteiger partial charge in [0.15, 0.2) is 5.13 Å². The lowest BCUT2D eigenvalue weighted by molar-refractivity contribution is -0.118. The van der Waals surface area contributed by atoms with Crippen molar-refractivity contribution in [2.75, 3.05) is 5.32 Å². The topological polar surface area (TPSA) is 68.0 Å². The van der Waals surface area contributed by atoms with E-state index in [0.717, 1.165) is 23.1 Å². The van der Waals surface area contributed by atoms with Gasteiger partial charge in [-0.3, -0.25) is 4.79 Å². The first-order valence-corrected chi connectivity index (χ1v) is 6.81. The second-order valence-electron chi connectivity index (χ2n) is 4.39. The zero-order chi connectivity index (χ0) is 12.8. The van der Waals surface area contributed by atoms with E-state index in [1.54, 1.807) is 0 Å². The summed E-state index contributed by atoms with van der Waals surface area (Å²) in [5.41, 5.74) is 5.87. The van der Waals surface area contributed by atoms with Gasteiger partial charge >= 0.3 is 0 Å². The number of carbonyl (C=O) groups is 1. The molecule has 3 N–H and O–H groups in total. The minimum atomic E-state index is -0.632. The number of anilines is 1. The van der Waals surface area contributed by atoms with Crippen LogP contribution in [0.15, 0.2) is 24.3 Å². The Kier molecular flexibility index (Phi) is 2.57. The summed E-state index contributed by atoms with van der Waals surface area (Å²) >= 11 is 6.40. The van der Waals surface area contributed by atoms with Crippen LogP contribution in [0.5, 0.6) is 0 Å². The fraction of sp³-hybridized carbons (Fsp3) is 0.250. The van der Waals surface area contributed by atoms with Gasteiger partial charge in [-0.05, 0) is 25.0 Å². The molecule has 1 aliphatic rings. The third-order valence-electron chi connectivity index (χ3n) is 3.17. The summed E-state index contributed by atoms with van der Waals surface area (Å²) in [5, 5.41) is 3.42. The maximum absolute atomic E-state index is 12.1. The molecule has 1 heterocycles. The van der Waals surface area contributed by atoms with Crippen LogP contribution in [0.2, 0.25) is 0 Å². The maximum Gasteiger partial charge on any atom is 0.239 e. The van der Waals surface area contributed by atoms with Gasteiger partial charge in [0.2, 0.25) is 5.91 Å². The number of aromatic nitrogens is 1. The van der Waals surface area contributed by atoms with E-state index in [-0.39, 0.29) is 10.9 Å². The molecule has 0 unspecified atom stereocenters. The lowest BCUT2D eigenvalue weighted by atomic mass is 10.1.